The third-order valence-electron chi connectivity index (χ3n) is 18.4. The van der Waals surface area contributed by atoms with Crippen LogP contribution in [0.25, 0.3) is 156 Å². The standard InChI is InChI=1S/C86H60N6/c1-54-20-11-15-30-68(54)63-35-41-79-73(48-63)74-49-64(69-31-16-12-21-55(69)2)36-42-80(74)91(79)78-40-34-62(61-29-19-24-58(46-61)53-87)47-72(78)67-39-45-83(77(52-67)86-89-84(59-25-7-5-8-26-59)88-85(90-86)60-27-9-6-10-28-60)92-81-43-37-65(70-32-17-13-22-56(70)3)50-75(81)76-51-66(38-44-82(76)92)71-33-18-14-23-57(71)4/h5-52H,1-4H3. The van der Waals surface area contributed by atoms with Crippen LogP contribution in [-0.2, 0) is 0 Å². The van der Waals surface area contributed by atoms with Gasteiger partial charge in [0.1, 0.15) is 0 Å². The summed E-state index contributed by atoms with van der Waals surface area (Å²) >= 11 is 0. The normalized spacial score (nSPS) is 11.5. The second kappa shape index (κ2) is 22.8. The highest BCUT2D eigenvalue weighted by atomic mass is 15.1. The molecule has 0 spiro atoms. The molecule has 0 amide bonds. The molecule has 0 aliphatic rings. The smallest absolute Gasteiger partial charge is 0.166 e. The van der Waals surface area contributed by atoms with Crippen molar-refractivity contribution in [1.82, 2.24) is 24.1 Å². The molecule has 16 rings (SSSR count). The Hall–Kier alpha value is -12.0. The lowest BCUT2D eigenvalue weighted by Crippen LogP contribution is -2.04. The van der Waals surface area contributed by atoms with Crippen LogP contribution in [0, 0.1) is 39.0 Å². The third-order valence-corrected chi connectivity index (χ3v) is 18.4. The molecule has 16 aromatic rings. The molecule has 3 aromatic heterocycles. The van der Waals surface area contributed by atoms with E-state index in [2.05, 4.69) is 279 Å². The molecule has 0 N–H and O–H groups in total. The van der Waals surface area contributed by atoms with Crippen molar-refractivity contribution in [3.05, 3.63) is 319 Å². The van der Waals surface area contributed by atoms with Gasteiger partial charge in [-0.15, -0.1) is 0 Å². The quantitative estimate of drug-likeness (QED) is 0.129. The number of hydrogen-bond donors (Lipinski definition) is 0. The Morgan fingerprint density at radius 1 is 0.250 bits per heavy atom. The van der Waals surface area contributed by atoms with E-state index in [0.29, 0.717) is 23.0 Å². The molecule has 0 saturated heterocycles. The lowest BCUT2D eigenvalue weighted by Gasteiger charge is -2.19. The van der Waals surface area contributed by atoms with E-state index >= 15 is 0 Å². The number of aryl methyl sites for hydroxylation is 4. The van der Waals surface area contributed by atoms with Gasteiger partial charge in [-0.25, -0.2) is 15.0 Å². The Balaban J connectivity index is 1.00. The maximum absolute atomic E-state index is 10.3. The molecule has 0 unspecified atom stereocenters. The molecule has 0 fully saturated rings. The monoisotopic (exact) mass is 1180 g/mol. The van der Waals surface area contributed by atoms with Gasteiger partial charge in [-0.3, -0.25) is 0 Å². The van der Waals surface area contributed by atoms with Crippen LogP contribution >= 0.6 is 0 Å². The van der Waals surface area contributed by atoms with Gasteiger partial charge in [-0.1, -0.05) is 206 Å². The van der Waals surface area contributed by atoms with Crippen LogP contribution in [0.3, 0.4) is 0 Å². The van der Waals surface area contributed by atoms with Crippen LogP contribution in [0.1, 0.15) is 27.8 Å². The lowest BCUT2D eigenvalue weighted by molar-refractivity contribution is 1.06. The third kappa shape index (κ3) is 9.72. The molecule has 13 aromatic carbocycles. The van der Waals surface area contributed by atoms with Gasteiger partial charge in [0.05, 0.1) is 45.1 Å². The maximum atomic E-state index is 10.3. The Bertz CT molecular complexity index is 5380. The van der Waals surface area contributed by atoms with Gasteiger partial charge >= 0.3 is 0 Å². The Labute approximate surface area is 535 Å². The van der Waals surface area contributed by atoms with Gasteiger partial charge in [0.15, 0.2) is 17.5 Å². The van der Waals surface area contributed by atoms with Crippen molar-refractivity contribution in [2.24, 2.45) is 0 Å². The van der Waals surface area contributed by atoms with Crippen LogP contribution < -0.4 is 0 Å². The van der Waals surface area contributed by atoms with Crippen molar-refractivity contribution in [3.63, 3.8) is 0 Å². The van der Waals surface area contributed by atoms with E-state index in [1.165, 1.54) is 44.5 Å². The zero-order valence-corrected chi connectivity index (χ0v) is 51.4. The SMILES string of the molecule is Cc1ccccc1-c1ccc2c(c1)c1cc(-c3ccccc3C)ccc1n2-c1ccc(-c2cccc(C#N)c2)cc1-c1ccc(-n2c3ccc(-c4ccccc4C)cc3c3cc(-c4ccccc4C)ccc32)c(-c2nc(-c3ccccc3)nc(-c3ccccc3)n2)c1. The summed E-state index contributed by atoms with van der Waals surface area (Å²) in [6.07, 6.45) is 0. The molecule has 0 saturated carbocycles. The van der Waals surface area contributed by atoms with Crippen molar-refractivity contribution in [2.75, 3.05) is 0 Å². The fourth-order valence-corrected chi connectivity index (χ4v) is 13.7. The highest BCUT2D eigenvalue weighted by Crippen LogP contribution is 2.46. The summed E-state index contributed by atoms with van der Waals surface area (Å²) < 4.78 is 4.86. The van der Waals surface area contributed by atoms with Crippen LogP contribution in [0.4, 0.5) is 0 Å². The highest BCUT2D eigenvalue weighted by Gasteiger charge is 2.25. The summed E-state index contributed by atoms with van der Waals surface area (Å²) in [5.41, 5.74) is 27.5. The summed E-state index contributed by atoms with van der Waals surface area (Å²) in [7, 11) is 0. The minimum atomic E-state index is 0.529. The minimum absolute atomic E-state index is 0.529. The number of hydrogen-bond acceptors (Lipinski definition) is 4. The highest BCUT2D eigenvalue weighted by molar-refractivity contribution is 6.14. The average molecular weight is 1180 g/mol. The molecule has 3 heterocycles. The van der Waals surface area contributed by atoms with Crippen molar-refractivity contribution in [2.45, 2.75) is 27.7 Å². The molecule has 0 bridgehead atoms. The molecule has 6 heteroatoms. The zero-order valence-electron chi connectivity index (χ0n) is 51.4. The number of aromatic nitrogens is 5. The van der Waals surface area contributed by atoms with Gasteiger partial charge in [0.25, 0.3) is 0 Å². The largest absolute Gasteiger partial charge is 0.309 e. The Morgan fingerprint density at radius 3 is 0.967 bits per heavy atom. The lowest BCUT2D eigenvalue weighted by atomic mass is 9.94. The van der Waals surface area contributed by atoms with E-state index in [0.717, 1.165) is 116 Å². The van der Waals surface area contributed by atoms with Crippen molar-refractivity contribution in [3.8, 4) is 118 Å². The summed E-state index contributed by atoms with van der Waals surface area (Å²) in [6.45, 7) is 8.75. The summed E-state index contributed by atoms with van der Waals surface area (Å²) in [4.78, 5) is 16.3. The van der Waals surface area contributed by atoms with Gasteiger partial charge < -0.3 is 9.13 Å². The van der Waals surface area contributed by atoms with E-state index in [4.69, 9.17) is 15.0 Å². The first-order valence-electron chi connectivity index (χ1n) is 31.3. The fourth-order valence-electron chi connectivity index (χ4n) is 13.7. The van der Waals surface area contributed by atoms with Gasteiger partial charge in [-0.05, 0) is 196 Å². The molecular formula is C86H60N6. The molecule has 92 heavy (non-hydrogen) atoms. The van der Waals surface area contributed by atoms with E-state index in [1.54, 1.807) is 0 Å². The molecule has 0 aliphatic heterocycles. The topological polar surface area (TPSA) is 72.3 Å². The molecule has 6 nitrogen and oxygen atoms in total. The summed E-state index contributed by atoms with van der Waals surface area (Å²) in [5.74, 6) is 1.67. The van der Waals surface area contributed by atoms with Crippen molar-refractivity contribution < 1.29 is 0 Å². The predicted molar refractivity (Wildman–Crippen MR) is 381 cm³/mol. The van der Waals surface area contributed by atoms with E-state index in [1.807, 2.05) is 54.6 Å². The first-order valence-corrected chi connectivity index (χ1v) is 31.3. The molecule has 0 aliphatic carbocycles. The fraction of sp³-hybridized carbons (Fsp3) is 0.0465. The van der Waals surface area contributed by atoms with E-state index < -0.39 is 0 Å². The minimum Gasteiger partial charge on any atom is -0.309 e. The number of nitriles is 1. The van der Waals surface area contributed by atoms with Gasteiger partial charge in [0, 0.05) is 43.8 Å². The molecular weight excluding hydrogens is 1120 g/mol. The van der Waals surface area contributed by atoms with Crippen molar-refractivity contribution in [1.29, 1.82) is 5.26 Å². The summed E-state index contributed by atoms with van der Waals surface area (Å²) in [5, 5.41) is 14.8. The number of benzene rings is 13. The predicted octanol–water partition coefficient (Wildman–Crippen LogP) is 22.2. The first-order chi connectivity index (χ1) is 45.2. The zero-order chi connectivity index (χ0) is 62.0. The van der Waals surface area contributed by atoms with Crippen LogP contribution in [0.5, 0.6) is 0 Å². The molecule has 0 radical (unpaired) electrons. The second-order valence-electron chi connectivity index (χ2n) is 24.1. The van der Waals surface area contributed by atoms with E-state index in [9.17, 15) is 5.26 Å². The Morgan fingerprint density at radius 2 is 0.565 bits per heavy atom. The average Bonchev–Trinajstić information content (AvgIpc) is 1.58. The summed E-state index contributed by atoms with van der Waals surface area (Å²) in [6, 6.07) is 107. The van der Waals surface area contributed by atoms with Crippen molar-refractivity contribution >= 4 is 43.6 Å². The van der Waals surface area contributed by atoms with E-state index in [-0.39, 0.29) is 0 Å². The van der Waals surface area contributed by atoms with Gasteiger partial charge in [0.2, 0.25) is 0 Å². The number of fused-ring (bicyclic) bond motifs is 6. The number of rotatable bonds is 11. The Kier molecular flexibility index (Phi) is 13.7. The van der Waals surface area contributed by atoms with Crippen LogP contribution in [0.2, 0.25) is 0 Å². The number of nitrogens with zero attached hydrogens (tertiary/aromatic N) is 6. The van der Waals surface area contributed by atoms with Crippen LogP contribution in [0.15, 0.2) is 291 Å². The molecule has 0 atom stereocenters. The molecule has 434 valence electrons. The van der Waals surface area contributed by atoms with Gasteiger partial charge in [-0.2, -0.15) is 5.26 Å². The van der Waals surface area contributed by atoms with Crippen LogP contribution in [-0.4, -0.2) is 24.1 Å². The maximum Gasteiger partial charge on any atom is 0.166 e. The first kappa shape index (κ1) is 55.3. The second-order valence-corrected chi connectivity index (χ2v) is 24.1.